The minimum absolute atomic E-state index is 0.133. The van der Waals surface area contributed by atoms with Crippen LogP contribution in [0.15, 0.2) is 53.4 Å². The van der Waals surface area contributed by atoms with E-state index in [0.717, 1.165) is 30.8 Å². The van der Waals surface area contributed by atoms with E-state index in [1.54, 1.807) is 31.4 Å². The van der Waals surface area contributed by atoms with Crippen LogP contribution in [-0.2, 0) is 14.8 Å². The molecule has 174 valence electrons. The van der Waals surface area contributed by atoms with Crippen LogP contribution in [-0.4, -0.2) is 56.4 Å². The Morgan fingerprint density at radius 2 is 1.66 bits per heavy atom. The van der Waals surface area contributed by atoms with E-state index >= 15 is 0 Å². The first-order valence-electron chi connectivity index (χ1n) is 10.7. The van der Waals surface area contributed by atoms with Gasteiger partial charge in [-0.2, -0.15) is 4.31 Å². The first kappa shape index (κ1) is 24.4. The van der Waals surface area contributed by atoms with E-state index in [4.69, 9.17) is 9.47 Å². The van der Waals surface area contributed by atoms with Gasteiger partial charge in [0.2, 0.25) is 15.9 Å². The van der Waals surface area contributed by atoms with Crippen LogP contribution in [0.25, 0.3) is 0 Å². The Balaban J connectivity index is 1.44. The lowest BCUT2D eigenvalue weighted by Gasteiger charge is -2.25. The highest BCUT2D eigenvalue weighted by Crippen LogP contribution is 2.23. The van der Waals surface area contributed by atoms with Gasteiger partial charge < -0.3 is 14.8 Å². The summed E-state index contributed by atoms with van der Waals surface area (Å²) in [7, 11) is -1.85. The summed E-state index contributed by atoms with van der Waals surface area (Å²) in [6.07, 6.45) is 2.86. The third kappa shape index (κ3) is 6.63. The maximum absolute atomic E-state index is 12.7. The van der Waals surface area contributed by atoms with Gasteiger partial charge in [0.05, 0.1) is 23.9 Å². The summed E-state index contributed by atoms with van der Waals surface area (Å²) in [6.45, 7) is 3.45. The van der Waals surface area contributed by atoms with E-state index in [1.807, 2.05) is 31.2 Å². The summed E-state index contributed by atoms with van der Waals surface area (Å²) >= 11 is 1.49. The standard InChI is InChI=1S/C23H30N2O5S2/c1-18(31-17-16-30-21-10-8-20(29-2)9-11-21)23(26)24-19-6-12-22(13-7-19)32(27,28)25-14-4-3-5-15-25/h6-13,18H,3-5,14-17H2,1-2H3,(H,24,26). The van der Waals surface area contributed by atoms with Crippen LogP contribution >= 0.6 is 11.8 Å². The Kier molecular flexibility index (Phi) is 8.84. The lowest BCUT2D eigenvalue weighted by Crippen LogP contribution is -2.35. The van der Waals surface area contributed by atoms with Gasteiger partial charge in [-0.3, -0.25) is 4.79 Å². The van der Waals surface area contributed by atoms with Gasteiger partial charge in [0.25, 0.3) is 0 Å². The van der Waals surface area contributed by atoms with E-state index < -0.39 is 10.0 Å². The van der Waals surface area contributed by atoms with Gasteiger partial charge in [0.15, 0.2) is 0 Å². The molecule has 0 saturated carbocycles. The van der Waals surface area contributed by atoms with Crippen molar-refractivity contribution in [3.05, 3.63) is 48.5 Å². The quantitative estimate of drug-likeness (QED) is 0.520. The van der Waals surface area contributed by atoms with Crippen LogP contribution in [0.1, 0.15) is 26.2 Å². The number of benzene rings is 2. The number of carbonyl (C=O) groups excluding carboxylic acids is 1. The van der Waals surface area contributed by atoms with Gasteiger partial charge in [-0.15, -0.1) is 11.8 Å². The molecule has 1 N–H and O–H groups in total. The van der Waals surface area contributed by atoms with Crippen LogP contribution in [0.5, 0.6) is 11.5 Å². The van der Waals surface area contributed by atoms with Crippen molar-refractivity contribution in [1.82, 2.24) is 4.31 Å². The predicted molar refractivity (Wildman–Crippen MR) is 128 cm³/mol. The van der Waals surface area contributed by atoms with Crippen molar-refractivity contribution in [2.45, 2.75) is 36.3 Å². The number of hydrogen-bond donors (Lipinski definition) is 1. The molecule has 1 aliphatic heterocycles. The fourth-order valence-corrected chi connectivity index (χ4v) is 5.60. The molecule has 2 aromatic rings. The number of thioether (sulfide) groups is 1. The molecule has 3 rings (SSSR count). The number of nitrogens with one attached hydrogen (secondary N) is 1. The third-order valence-corrected chi connectivity index (χ3v) is 8.25. The van der Waals surface area contributed by atoms with Crippen molar-refractivity contribution in [2.75, 3.05) is 37.9 Å². The second-order valence-corrected chi connectivity index (χ2v) is 10.9. The van der Waals surface area contributed by atoms with Crippen molar-refractivity contribution < 1.29 is 22.7 Å². The fourth-order valence-electron chi connectivity index (χ4n) is 3.34. The SMILES string of the molecule is COc1ccc(OCCSC(C)C(=O)Nc2ccc(S(=O)(=O)N3CCCCC3)cc2)cc1. The minimum Gasteiger partial charge on any atom is -0.497 e. The zero-order valence-electron chi connectivity index (χ0n) is 18.5. The molecule has 1 fully saturated rings. The summed E-state index contributed by atoms with van der Waals surface area (Å²) in [4.78, 5) is 12.7. The summed E-state index contributed by atoms with van der Waals surface area (Å²) in [5, 5.41) is 2.58. The Labute approximate surface area is 194 Å². The van der Waals surface area contributed by atoms with Gasteiger partial charge in [0, 0.05) is 24.5 Å². The molecule has 0 aromatic heterocycles. The molecule has 7 nitrogen and oxygen atoms in total. The van der Waals surface area contributed by atoms with Crippen molar-refractivity contribution >= 4 is 33.4 Å². The van der Waals surface area contributed by atoms with Crippen LogP contribution in [0.4, 0.5) is 5.69 Å². The lowest BCUT2D eigenvalue weighted by molar-refractivity contribution is -0.115. The molecule has 0 spiro atoms. The number of ether oxygens (including phenoxy) is 2. The number of carbonyl (C=O) groups is 1. The van der Waals surface area contributed by atoms with Crippen LogP contribution in [0.3, 0.4) is 0 Å². The molecular formula is C23H30N2O5S2. The van der Waals surface area contributed by atoms with Gasteiger partial charge in [-0.05, 0) is 68.3 Å². The number of methoxy groups -OCH3 is 1. The molecule has 1 heterocycles. The molecule has 0 radical (unpaired) electrons. The van der Waals surface area contributed by atoms with Gasteiger partial charge in [-0.1, -0.05) is 6.42 Å². The molecule has 32 heavy (non-hydrogen) atoms. The lowest BCUT2D eigenvalue weighted by atomic mass is 10.2. The third-order valence-electron chi connectivity index (χ3n) is 5.22. The van der Waals surface area contributed by atoms with Crippen molar-refractivity contribution in [3.8, 4) is 11.5 Å². The van der Waals surface area contributed by atoms with Crippen LogP contribution in [0.2, 0.25) is 0 Å². The number of sulfonamides is 1. The summed E-state index contributed by atoms with van der Waals surface area (Å²) in [5.41, 5.74) is 0.578. The first-order chi connectivity index (χ1) is 15.4. The molecule has 1 amide bonds. The van der Waals surface area contributed by atoms with E-state index in [0.29, 0.717) is 31.1 Å². The number of piperidine rings is 1. The topological polar surface area (TPSA) is 84.9 Å². The summed E-state index contributed by atoms with van der Waals surface area (Å²) in [6, 6.07) is 13.7. The highest BCUT2D eigenvalue weighted by atomic mass is 32.2. The summed E-state index contributed by atoms with van der Waals surface area (Å²) < 4.78 is 37.8. The zero-order chi connectivity index (χ0) is 23.0. The summed E-state index contributed by atoms with van der Waals surface area (Å²) in [5.74, 6) is 2.05. The predicted octanol–water partition coefficient (Wildman–Crippen LogP) is 4.01. The zero-order valence-corrected chi connectivity index (χ0v) is 20.1. The normalized spacial score (nSPS) is 15.7. The first-order valence-corrected chi connectivity index (χ1v) is 13.2. The molecule has 1 saturated heterocycles. The second-order valence-electron chi connectivity index (χ2n) is 7.52. The van der Waals surface area contributed by atoms with E-state index in [-0.39, 0.29) is 16.1 Å². The van der Waals surface area contributed by atoms with Crippen LogP contribution in [0, 0.1) is 0 Å². The number of rotatable bonds is 10. The fraction of sp³-hybridized carbons (Fsp3) is 0.435. The van der Waals surface area contributed by atoms with Crippen LogP contribution < -0.4 is 14.8 Å². The van der Waals surface area contributed by atoms with Crippen molar-refractivity contribution in [3.63, 3.8) is 0 Å². The average Bonchev–Trinajstić information content (AvgIpc) is 2.83. The molecule has 1 aliphatic rings. The van der Waals surface area contributed by atoms with E-state index in [1.165, 1.54) is 16.1 Å². The second kappa shape index (κ2) is 11.6. The average molecular weight is 479 g/mol. The largest absolute Gasteiger partial charge is 0.497 e. The monoisotopic (exact) mass is 478 g/mol. The highest BCUT2D eigenvalue weighted by molar-refractivity contribution is 8.00. The molecule has 1 unspecified atom stereocenters. The van der Waals surface area contributed by atoms with E-state index in [2.05, 4.69) is 5.32 Å². The number of hydrogen-bond acceptors (Lipinski definition) is 6. The molecule has 0 aliphatic carbocycles. The Morgan fingerprint density at radius 3 is 2.28 bits per heavy atom. The Hall–Kier alpha value is -2.23. The Bertz CT molecular complexity index is 972. The molecule has 0 bridgehead atoms. The molecule has 1 atom stereocenters. The number of anilines is 1. The van der Waals surface area contributed by atoms with Crippen molar-refractivity contribution in [1.29, 1.82) is 0 Å². The maximum atomic E-state index is 12.7. The Morgan fingerprint density at radius 1 is 1.03 bits per heavy atom. The molecule has 2 aromatic carbocycles. The highest BCUT2D eigenvalue weighted by Gasteiger charge is 2.25. The van der Waals surface area contributed by atoms with Gasteiger partial charge in [0.1, 0.15) is 11.5 Å². The molecular weight excluding hydrogens is 448 g/mol. The van der Waals surface area contributed by atoms with Gasteiger partial charge in [-0.25, -0.2) is 8.42 Å². The smallest absolute Gasteiger partial charge is 0.243 e. The van der Waals surface area contributed by atoms with Gasteiger partial charge >= 0.3 is 0 Å². The number of amides is 1. The molecule has 9 heteroatoms. The minimum atomic E-state index is -3.47. The maximum Gasteiger partial charge on any atom is 0.243 e. The van der Waals surface area contributed by atoms with E-state index in [9.17, 15) is 13.2 Å². The number of nitrogens with zero attached hydrogens (tertiary/aromatic N) is 1. The van der Waals surface area contributed by atoms with Crippen molar-refractivity contribution in [2.24, 2.45) is 0 Å².